The highest BCUT2D eigenvalue weighted by Crippen LogP contribution is 2.27. The largest absolute Gasteiger partial charge is 0.494 e. The molecule has 0 heterocycles. The molecule has 0 spiro atoms. The summed E-state index contributed by atoms with van der Waals surface area (Å²) in [5.41, 5.74) is 4.72. The van der Waals surface area contributed by atoms with Crippen LogP contribution in [-0.2, 0) is 16.2 Å². The molecule has 0 aliphatic rings. The number of amides is 2. The third kappa shape index (κ3) is 8.73. The van der Waals surface area contributed by atoms with Crippen LogP contribution in [0.5, 0.6) is 11.5 Å². The SMILES string of the molecule is CCOc1ccc(NC(=O)CCC(=O)NN=Cc2ccc(OCc3ccccc3Cl)c(Br)c2)cc1. The molecule has 0 aromatic heterocycles. The van der Waals surface area contributed by atoms with Gasteiger partial charge in [0.2, 0.25) is 11.8 Å². The number of benzene rings is 3. The average Bonchev–Trinajstić information content (AvgIpc) is 2.84. The Labute approximate surface area is 217 Å². The number of hydrogen-bond acceptors (Lipinski definition) is 5. The van der Waals surface area contributed by atoms with E-state index in [1.807, 2.05) is 43.3 Å². The molecule has 3 aromatic rings. The highest BCUT2D eigenvalue weighted by atomic mass is 79.9. The number of nitrogens with one attached hydrogen (secondary N) is 2. The standard InChI is InChI=1S/C26H25BrClN3O4/c1-2-34-21-10-8-20(9-11-21)30-25(32)13-14-26(33)31-29-16-18-7-12-24(22(27)15-18)35-17-19-5-3-4-6-23(19)28/h3-12,15-16H,2,13-14,17H2,1H3,(H,30,32)(H,31,33). The van der Waals surface area contributed by atoms with Crippen LogP contribution in [0.4, 0.5) is 5.69 Å². The Hall–Kier alpha value is -3.36. The van der Waals surface area contributed by atoms with Crippen molar-refractivity contribution < 1.29 is 19.1 Å². The fraction of sp³-hybridized carbons (Fsp3) is 0.192. The molecule has 35 heavy (non-hydrogen) atoms. The van der Waals surface area contributed by atoms with E-state index in [1.54, 1.807) is 30.3 Å². The van der Waals surface area contributed by atoms with E-state index in [0.717, 1.165) is 21.3 Å². The van der Waals surface area contributed by atoms with Crippen LogP contribution in [0, 0.1) is 0 Å². The molecule has 0 bridgehead atoms. The van der Waals surface area contributed by atoms with Crippen LogP contribution in [-0.4, -0.2) is 24.6 Å². The van der Waals surface area contributed by atoms with E-state index in [9.17, 15) is 9.59 Å². The molecule has 0 aliphatic heterocycles. The van der Waals surface area contributed by atoms with E-state index in [-0.39, 0.29) is 24.7 Å². The minimum atomic E-state index is -0.359. The van der Waals surface area contributed by atoms with Gasteiger partial charge in [-0.25, -0.2) is 5.43 Å². The van der Waals surface area contributed by atoms with E-state index >= 15 is 0 Å². The molecule has 9 heteroatoms. The second kappa shape index (κ2) is 13.5. The summed E-state index contributed by atoms with van der Waals surface area (Å²) >= 11 is 9.64. The summed E-state index contributed by atoms with van der Waals surface area (Å²) < 4.78 is 11.9. The molecule has 3 aromatic carbocycles. The summed E-state index contributed by atoms with van der Waals surface area (Å²) in [7, 11) is 0. The fourth-order valence-corrected chi connectivity index (χ4v) is 3.67. The van der Waals surface area contributed by atoms with Crippen LogP contribution in [0.3, 0.4) is 0 Å². The minimum Gasteiger partial charge on any atom is -0.494 e. The van der Waals surface area contributed by atoms with Crippen LogP contribution < -0.4 is 20.2 Å². The number of halogens is 2. The molecular formula is C26H25BrClN3O4. The number of anilines is 1. The van der Waals surface area contributed by atoms with Crippen molar-refractivity contribution >= 4 is 51.2 Å². The number of rotatable bonds is 11. The molecule has 2 N–H and O–H groups in total. The van der Waals surface area contributed by atoms with Gasteiger partial charge < -0.3 is 14.8 Å². The smallest absolute Gasteiger partial charge is 0.240 e. The van der Waals surface area contributed by atoms with Crippen molar-refractivity contribution in [2.45, 2.75) is 26.4 Å². The number of nitrogens with zero attached hydrogens (tertiary/aromatic N) is 1. The lowest BCUT2D eigenvalue weighted by atomic mass is 10.2. The van der Waals surface area contributed by atoms with Gasteiger partial charge >= 0.3 is 0 Å². The summed E-state index contributed by atoms with van der Waals surface area (Å²) in [5.74, 6) is 0.769. The second-order valence-corrected chi connectivity index (χ2v) is 8.63. The summed E-state index contributed by atoms with van der Waals surface area (Å²) in [6.07, 6.45) is 1.57. The monoisotopic (exact) mass is 557 g/mol. The maximum atomic E-state index is 12.1. The zero-order chi connectivity index (χ0) is 25.0. The third-order valence-electron chi connectivity index (χ3n) is 4.73. The van der Waals surface area contributed by atoms with Crippen molar-refractivity contribution in [1.29, 1.82) is 0 Å². The summed E-state index contributed by atoms with van der Waals surface area (Å²) in [4.78, 5) is 24.1. The van der Waals surface area contributed by atoms with Crippen molar-refractivity contribution in [3.05, 3.63) is 87.4 Å². The van der Waals surface area contributed by atoms with Gasteiger partial charge in [-0.3, -0.25) is 9.59 Å². The molecule has 7 nitrogen and oxygen atoms in total. The van der Waals surface area contributed by atoms with Crippen LogP contribution >= 0.6 is 27.5 Å². The molecule has 0 unspecified atom stereocenters. The molecule has 0 radical (unpaired) electrons. The molecule has 0 saturated heterocycles. The van der Waals surface area contributed by atoms with E-state index < -0.39 is 0 Å². The van der Waals surface area contributed by atoms with Gasteiger partial charge in [-0.2, -0.15) is 5.10 Å². The number of carbonyl (C=O) groups is 2. The molecule has 0 saturated carbocycles. The Morgan fingerprint density at radius 1 is 1.00 bits per heavy atom. The molecule has 2 amide bonds. The van der Waals surface area contributed by atoms with Crippen LogP contribution in [0.2, 0.25) is 5.02 Å². The average molecular weight is 559 g/mol. The van der Waals surface area contributed by atoms with E-state index in [2.05, 4.69) is 31.8 Å². The molecule has 0 fully saturated rings. The number of hydrogen-bond donors (Lipinski definition) is 2. The van der Waals surface area contributed by atoms with Gasteiger partial charge in [0.05, 0.1) is 17.3 Å². The van der Waals surface area contributed by atoms with Gasteiger partial charge in [0.25, 0.3) is 0 Å². The first-order valence-electron chi connectivity index (χ1n) is 10.9. The van der Waals surface area contributed by atoms with Crippen molar-refractivity contribution in [2.24, 2.45) is 5.10 Å². The topological polar surface area (TPSA) is 89.0 Å². The fourth-order valence-electron chi connectivity index (χ4n) is 2.97. The lowest BCUT2D eigenvalue weighted by molar-refractivity contribution is -0.124. The Balaban J connectivity index is 1.41. The van der Waals surface area contributed by atoms with Gasteiger partial charge in [0.1, 0.15) is 18.1 Å². The normalized spacial score (nSPS) is 10.7. The second-order valence-electron chi connectivity index (χ2n) is 7.37. The predicted molar refractivity (Wildman–Crippen MR) is 141 cm³/mol. The first-order valence-corrected chi connectivity index (χ1v) is 12.1. The Bertz CT molecular complexity index is 1190. The quantitative estimate of drug-likeness (QED) is 0.225. The zero-order valence-corrected chi connectivity index (χ0v) is 21.4. The minimum absolute atomic E-state index is 0.0126. The lowest BCUT2D eigenvalue weighted by Gasteiger charge is -2.10. The van der Waals surface area contributed by atoms with Gasteiger partial charge in [0.15, 0.2) is 0 Å². The molecule has 0 atom stereocenters. The van der Waals surface area contributed by atoms with Gasteiger partial charge in [-0.15, -0.1) is 0 Å². The van der Waals surface area contributed by atoms with Gasteiger partial charge in [-0.05, 0) is 76.9 Å². The number of carbonyl (C=O) groups excluding carboxylic acids is 2. The number of ether oxygens (including phenoxy) is 2. The summed E-state index contributed by atoms with van der Waals surface area (Å²) in [6, 6.07) is 20.0. The van der Waals surface area contributed by atoms with Crippen LogP contribution in [0.1, 0.15) is 30.9 Å². The highest BCUT2D eigenvalue weighted by molar-refractivity contribution is 9.10. The van der Waals surface area contributed by atoms with E-state index in [1.165, 1.54) is 6.21 Å². The number of hydrazone groups is 1. The van der Waals surface area contributed by atoms with Crippen LogP contribution in [0.15, 0.2) is 76.3 Å². The molecule has 182 valence electrons. The summed E-state index contributed by atoms with van der Waals surface area (Å²) in [5, 5.41) is 7.35. The molecule has 3 rings (SSSR count). The first-order chi connectivity index (χ1) is 16.9. The lowest BCUT2D eigenvalue weighted by Crippen LogP contribution is -2.20. The Morgan fingerprint density at radius 2 is 1.74 bits per heavy atom. The van der Waals surface area contributed by atoms with Crippen molar-refractivity contribution in [2.75, 3.05) is 11.9 Å². The van der Waals surface area contributed by atoms with Crippen molar-refractivity contribution in [1.82, 2.24) is 5.43 Å². The van der Waals surface area contributed by atoms with E-state index in [0.29, 0.717) is 29.7 Å². The molecular weight excluding hydrogens is 534 g/mol. The van der Waals surface area contributed by atoms with Gasteiger partial charge in [-0.1, -0.05) is 29.8 Å². The Morgan fingerprint density at radius 3 is 2.46 bits per heavy atom. The maximum Gasteiger partial charge on any atom is 0.240 e. The van der Waals surface area contributed by atoms with Crippen molar-refractivity contribution in [3.8, 4) is 11.5 Å². The van der Waals surface area contributed by atoms with Crippen molar-refractivity contribution in [3.63, 3.8) is 0 Å². The van der Waals surface area contributed by atoms with Gasteiger partial charge in [0, 0.05) is 29.1 Å². The highest BCUT2D eigenvalue weighted by Gasteiger charge is 2.08. The predicted octanol–water partition coefficient (Wildman–Crippen LogP) is 5.95. The van der Waals surface area contributed by atoms with E-state index in [4.69, 9.17) is 21.1 Å². The molecule has 0 aliphatic carbocycles. The zero-order valence-electron chi connectivity index (χ0n) is 19.1. The van der Waals surface area contributed by atoms with Crippen LogP contribution in [0.25, 0.3) is 0 Å². The third-order valence-corrected chi connectivity index (χ3v) is 5.72. The first kappa shape index (κ1) is 26.2. The maximum absolute atomic E-state index is 12.1. The Kier molecular flexibility index (Phi) is 10.1. The summed E-state index contributed by atoms with van der Waals surface area (Å²) in [6.45, 7) is 2.82.